The van der Waals surface area contributed by atoms with Crippen LogP contribution in [0.2, 0.25) is 0 Å². The smallest absolute Gasteiger partial charge is 0.251 e. The standard InChI is InChI=1S/C16H18N4O2S/c1-11(10-20-7-2-6-17-20)18-16(22)12-3-4-14-13(9-12)19-15(21)5-8-23-14/h2-4,6-7,9,11H,5,8,10H2,1H3,(H,18,22)(H,19,21)/t11-/m0/s1. The van der Waals surface area contributed by atoms with Gasteiger partial charge in [0.1, 0.15) is 0 Å². The average molecular weight is 330 g/mol. The Morgan fingerprint density at radius 2 is 2.39 bits per heavy atom. The molecule has 0 unspecified atom stereocenters. The quantitative estimate of drug-likeness (QED) is 0.900. The van der Waals surface area contributed by atoms with Gasteiger partial charge >= 0.3 is 0 Å². The minimum Gasteiger partial charge on any atom is -0.348 e. The van der Waals surface area contributed by atoms with Crippen LogP contribution in [-0.2, 0) is 11.3 Å². The molecular formula is C16H18N4O2S. The van der Waals surface area contributed by atoms with Gasteiger partial charge in [-0.15, -0.1) is 11.8 Å². The summed E-state index contributed by atoms with van der Waals surface area (Å²) >= 11 is 1.62. The van der Waals surface area contributed by atoms with Crippen molar-refractivity contribution in [3.63, 3.8) is 0 Å². The molecule has 0 saturated heterocycles. The first-order valence-corrected chi connectivity index (χ1v) is 8.45. The summed E-state index contributed by atoms with van der Waals surface area (Å²) in [6.07, 6.45) is 4.06. The molecule has 23 heavy (non-hydrogen) atoms. The Labute approximate surface area is 138 Å². The predicted octanol–water partition coefficient (Wildman–Crippen LogP) is 2.14. The molecule has 6 nitrogen and oxygen atoms in total. The molecule has 2 amide bonds. The molecule has 1 aliphatic rings. The van der Waals surface area contributed by atoms with Gasteiger partial charge in [-0.05, 0) is 31.2 Å². The van der Waals surface area contributed by atoms with Gasteiger partial charge in [0.2, 0.25) is 5.91 Å². The maximum atomic E-state index is 12.4. The number of benzene rings is 1. The number of fused-ring (bicyclic) bond motifs is 1. The van der Waals surface area contributed by atoms with Crippen molar-refractivity contribution in [2.45, 2.75) is 30.8 Å². The zero-order valence-electron chi connectivity index (χ0n) is 12.8. The number of amides is 2. The topological polar surface area (TPSA) is 76.0 Å². The second-order valence-electron chi connectivity index (χ2n) is 5.46. The van der Waals surface area contributed by atoms with E-state index < -0.39 is 0 Å². The normalized spacial score (nSPS) is 15.3. The molecule has 7 heteroatoms. The third-order valence-corrected chi connectivity index (χ3v) is 4.58. The molecule has 0 aliphatic carbocycles. The Bertz CT molecular complexity index is 715. The first kappa shape index (κ1) is 15.6. The number of carbonyl (C=O) groups excluding carboxylic acids is 2. The van der Waals surface area contributed by atoms with Crippen LogP contribution in [0, 0.1) is 0 Å². The number of rotatable bonds is 4. The van der Waals surface area contributed by atoms with Gasteiger partial charge in [0.05, 0.1) is 12.2 Å². The summed E-state index contributed by atoms with van der Waals surface area (Å²) in [5.74, 6) is 0.586. The molecule has 0 radical (unpaired) electrons. The molecule has 0 bridgehead atoms. The van der Waals surface area contributed by atoms with E-state index in [9.17, 15) is 9.59 Å². The minimum absolute atomic E-state index is 0.0131. The Morgan fingerprint density at radius 1 is 1.52 bits per heavy atom. The predicted molar refractivity (Wildman–Crippen MR) is 89.6 cm³/mol. The van der Waals surface area contributed by atoms with E-state index in [4.69, 9.17) is 0 Å². The van der Waals surface area contributed by atoms with Crippen LogP contribution < -0.4 is 10.6 Å². The second kappa shape index (κ2) is 6.87. The number of anilines is 1. The van der Waals surface area contributed by atoms with Crippen molar-refractivity contribution < 1.29 is 9.59 Å². The zero-order valence-corrected chi connectivity index (χ0v) is 13.6. The number of hydrogen-bond acceptors (Lipinski definition) is 4. The van der Waals surface area contributed by atoms with Gasteiger partial charge in [-0.1, -0.05) is 0 Å². The van der Waals surface area contributed by atoms with Crippen molar-refractivity contribution in [2.24, 2.45) is 0 Å². The monoisotopic (exact) mass is 330 g/mol. The highest BCUT2D eigenvalue weighted by molar-refractivity contribution is 7.99. The van der Waals surface area contributed by atoms with Gasteiger partial charge in [0.25, 0.3) is 5.91 Å². The van der Waals surface area contributed by atoms with E-state index in [-0.39, 0.29) is 17.9 Å². The van der Waals surface area contributed by atoms with E-state index in [0.29, 0.717) is 24.2 Å². The molecule has 2 N–H and O–H groups in total. The van der Waals surface area contributed by atoms with E-state index in [1.807, 2.05) is 25.3 Å². The van der Waals surface area contributed by atoms with Crippen LogP contribution in [0.25, 0.3) is 0 Å². The summed E-state index contributed by atoms with van der Waals surface area (Å²) in [6.45, 7) is 2.54. The van der Waals surface area contributed by atoms with Crippen LogP contribution in [0.15, 0.2) is 41.6 Å². The first-order valence-electron chi connectivity index (χ1n) is 7.47. The summed E-state index contributed by atoms with van der Waals surface area (Å²) in [6, 6.07) is 7.21. The summed E-state index contributed by atoms with van der Waals surface area (Å²) in [5, 5.41) is 9.93. The van der Waals surface area contributed by atoms with Gasteiger partial charge in [-0.3, -0.25) is 14.3 Å². The number of thioether (sulfide) groups is 1. The van der Waals surface area contributed by atoms with Crippen molar-refractivity contribution in [1.29, 1.82) is 0 Å². The average Bonchev–Trinajstić information content (AvgIpc) is 2.93. The second-order valence-corrected chi connectivity index (χ2v) is 6.60. The molecule has 1 aliphatic heterocycles. The van der Waals surface area contributed by atoms with Crippen LogP contribution in [0.1, 0.15) is 23.7 Å². The minimum atomic E-state index is -0.157. The molecule has 1 atom stereocenters. The summed E-state index contributed by atoms with van der Waals surface area (Å²) in [7, 11) is 0. The highest BCUT2D eigenvalue weighted by Gasteiger charge is 2.16. The molecule has 0 spiro atoms. The molecule has 0 fully saturated rings. The lowest BCUT2D eigenvalue weighted by Gasteiger charge is -2.15. The van der Waals surface area contributed by atoms with Gasteiger partial charge in [0, 0.05) is 41.1 Å². The molecule has 0 saturated carbocycles. The highest BCUT2D eigenvalue weighted by atomic mass is 32.2. The molecule has 3 rings (SSSR count). The number of nitrogens with zero attached hydrogens (tertiary/aromatic N) is 2. The third-order valence-electron chi connectivity index (χ3n) is 3.50. The SMILES string of the molecule is C[C@@H](Cn1cccn1)NC(=O)c1ccc2c(c1)NC(=O)CCS2. The Kier molecular flexibility index (Phi) is 4.66. The Balaban J connectivity index is 1.68. The molecule has 1 aromatic heterocycles. The van der Waals surface area contributed by atoms with E-state index in [2.05, 4.69) is 15.7 Å². The lowest BCUT2D eigenvalue weighted by Crippen LogP contribution is -2.35. The van der Waals surface area contributed by atoms with Crippen molar-refractivity contribution in [3.05, 3.63) is 42.2 Å². The largest absolute Gasteiger partial charge is 0.348 e. The molecular weight excluding hydrogens is 312 g/mol. The van der Waals surface area contributed by atoms with E-state index in [0.717, 1.165) is 10.6 Å². The molecule has 2 heterocycles. The molecule has 120 valence electrons. The molecule has 1 aromatic carbocycles. The number of nitrogens with one attached hydrogen (secondary N) is 2. The molecule has 2 aromatic rings. The zero-order chi connectivity index (χ0) is 16.2. The fraction of sp³-hybridized carbons (Fsp3) is 0.312. The van der Waals surface area contributed by atoms with Crippen molar-refractivity contribution in [1.82, 2.24) is 15.1 Å². The maximum absolute atomic E-state index is 12.4. The van der Waals surface area contributed by atoms with Gasteiger partial charge in [0.15, 0.2) is 0 Å². The van der Waals surface area contributed by atoms with Crippen molar-refractivity contribution in [2.75, 3.05) is 11.1 Å². The fourth-order valence-electron chi connectivity index (χ4n) is 2.40. The lowest BCUT2D eigenvalue weighted by molar-refractivity contribution is -0.115. The van der Waals surface area contributed by atoms with Gasteiger partial charge < -0.3 is 10.6 Å². The Morgan fingerprint density at radius 3 is 3.17 bits per heavy atom. The first-order chi connectivity index (χ1) is 11.1. The summed E-state index contributed by atoms with van der Waals surface area (Å²) < 4.78 is 1.78. The fourth-order valence-corrected chi connectivity index (χ4v) is 3.34. The van der Waals surface area contributed by atoms with Crippen LogP contribution >= 0.6 is 11.8 Å². The lowest BCUT2D eigenvalue weighted by atomic mass is 10.1. The summed E-state index contributed by atoms with van der Waals surface area (Å²) in [4.78, 5) is 25.0. The number of hydrogen-bond donors (Lipinski definition) is 2. The number of aromatic nitrogens is 2. The Hall–Kier alpha value is -2.28. The van der Waals surface area contributed by atoms with Crippen molar-refractivity contribution in [3.8, 4) is 0 Å². The summed E-state index contributed by atoms with van der Waals surface area (Å²) in [5.41, 5.74) is 1.25. The third kappa shape index (κ3) is 3.92. The van der Waals surface area contributed by atoms with Crippen LogP contribution in [0.4, 0.5) is 5.69 Å². The van der Waals surface area contributed by atoms with E-state index >= 15 is 0 Å². The van der Waals surface area contributed by atoms with Crippen LogP contribution in [0.3, 0.4) is 0 Å². The van der Waals surface area contributed by atoms with Crippen molar-refractivity contribution >= 4 is 29.3 Å². The number of carbonyl (C=O) groups is 2. The van der Waals surface area contributed by atoms with E-state index in [1.54, 1.807) is 34.8 Å². The maximum Gasteiger partial charge on any atom is 0.251 e. The van der Waals surface area contributed by atoms with E-state index in [1.165, 1.54) is 0 Å². The highest BCUT2D eigenvalue weighted by Crippen LogP contribution is 2.31. The van der Waals surface area contributed by atoms with Gasteiger partial charge in [-0.25, -0.2) is 0 Å². The van der Waals surface area contributed by atoms with Gasteiger partial charge in [-0.2, -0.15) is 5.10 Å². The van der Waals surface area contributed by atoms with Crippen LogP contribution in [0.5, 0.6) is 0 Å². The van der Waals surface area contributed by atoms with Crippen LogP contribution in [-0.4, -0.2) is 33.4 Å².